The predicted molar refractivity (Wildman–Crippen MR) is 106 cm³/mol. The largest absolute Gasteiger partial charge is 0.341 e. The molecule has 27 heavy (non-hydrogen) atoms. The number of carbonyl (C=O) groups is 2. The van der Waals surface area contributed by atoms with Crippen LogP contribution in [0.1, 0.15) is 35.1 Å². The van der Waals surface area contributed by atoms with Crippen LogP contribution >= 0.6 is 11.3 Å². The van der Waals surface area contributed by atoms with Crippen LogP contribution in [0.25, 0.3) is 10.2 Å². The van der Waals surface area contributed by atoms with Crippen LogP contribution in [-0.4, -0.2) is 58.7 Å². The number of hydrogen-bond acceptors (Lipinski definition) is 5. The Morgan fingerprint density at radius 1 is 1.30 bits per heavy atom. The summed E-state index contributed by atoms with van der Waals surface area (Å²) in [5, 5.41) is 11.7. The molecule has 0 bridgehead atoms. The number of fused-ring (bicyclic) bond motifs is 2. The zero-order valence-electron chi connectivity index (χ0n) is 16.1. The van der Waals surface area contributed by atoms with E-state index in [4.69, 9.17) is 0 Å². The number of hydrogen-bond donors (Lipinski definition) is 2. The summed E-state index contributed by atoms with van der Waals surface area (Å²) in [5.41, 5.74) is 0.913. The zero-order chi connectivity index (χ0) is 19.1. The highest BCUT2D eigenvalue weighted by molar-refractivity contribution is 7.20. The fourth-order valence-corrected chi connectivity index (χ4v) is 5.39. The van der Waals surface area contributed by atoms with Crippen LogP contribution in [0.3, 0.4) is 0 Å². The maximum Gasteiger partial charge on any atom is 0.262 e. The summed E-state index contributed by atoms with van der Waals surface area (Å²) in [6, 6.07) is 1.35. The molecule has 0 spiro atoms. The molecular formula is C19H27N5O2S. The van der Waals surface area contributed by atoms with Crippen LogP contribution in [0.4, 0.5) is 0 Å². The first-order chi connectivity index (χ1) is 12.9. The molecule has 4 heterocycles. The third-order valence-electron chi connectivity index (χ3n) is 5.97. The van der Waals surface area contributed by atoms with Crippen molar-refractivity contribution < 1.29 is 9.59 Å². The van der Waals surface area contributed by atoms with Crippen molar-refractivity contribution in [2.24, 2.45) is 18.9 Å². The summed E-state index contributed by atoms with van der Waals surface area (Å²) < 4.78 is 1.80. The molecule has 4 rings (SSSR count). The van der Waals surface area contributed by atoms with Crippen LogP contribution in [0.15, 0.2) is 6.07 Å². The van der Waals surface area contributed by atoms with Gasteiger partial charge in [0.2, 0.25) is 5.91 Å². The molecule has 2 aromatic heterocycles. The van der Waals surface area contributed by atoms with Gasteiger partial charge in [0.25, 0.3) is 5.91 Å². The lowest BCUT2D eigenvalue weighted by molar-refractivity contribution is -0.132. The Morgan fingerprint density at radius 2 is 1.96 bits per heavy atom. The average Bonchev–Trinajstić information content (AvgIpc) is 3.30. The van der Waals surface area contributed by atoms with E-state index in [-0.39, 0.29) is 11.8 Å². The quantitative estimate of drug-likeness (QED) is 0.834. The average molecular weight is 390 g/mol. The molecule has 1 unspecified atom stereocenters. The number of thiophene rings is 1. The molecule has 0 aliphatic carbocycles. The molecule has 3 atom stereocenters. The molecule has 2 saturated heterocycles. The van der Waals surface area contributed by atoms with Crippen molar-refractivity contribution in [3.8, 4) is 0 Å². The minimum atomic E-state index is -0.516. The first-order valence-corrected chi connectivity index (χ1v) is 10.5. The highest BCUT2D eigenvalue weighted by atomic mass is 32.1. The maximum atomic E-state index is 12.9. The Morgan fingerprint density at radius 3 is 2.59 bits per heavy atom. The third-order valence-corrected chi connectivity index (χ3v) is 7.17. The van der Waals surface area contributed by atoms with E-state index < -0.39 is 6.04 Å². The van der Waals surface area contributed by atoms with Crippen molar-refractivity contribution in [2.75, 3.05) is 26.2 Å². The fraction of sp³-hybridized carbons (Fsp3) is 0.632. The normalized spacial score (nSPS) is 23.9. The van der Waals surface area contributed by atoms with Crippen molar-refractivity contribution in [3.63, 3.8) is 0 Å². The minimum Gasteiger partial charge on any atom is -0.341 e. The van der Waals surface area contributed by atoms with Gasteiger partial charge in [0.05, 0.1) is 10.6 Å². The van der Waals surface area contributed by atoms with Crippen LogP contribution < -0.4 is 10.6 Å². The molecule has 2 aromatic rings. The van der Waals surface area contributed by atoms with Crippen molar-refractivity contribution >= 4 is 33.4 Å². The number of nitrogens with one attached hydrogen (secondary N) is 2. The van der Waals surface area contributed by atoms with Crippen LogP contribution in [0.5, 0.6) is 0 Å². The van der Waals surface area contributed by atoms with Crippen molar-refractivity contribution in [2.45, 2.75) is 32.7 Å². The third kappa shape index (κ3) is 3.48. The summed E-state index contributed by atoms with van der Waals surface area (Å²) in [6.07, 6.45) is 2.10. The lowest BCUT2D eigenvalue weighted by atomic mass is 9.92. The van der Waals surface area contributed by atoms with Gasteiger partial charge in [-0.05, 0) is 57.7 Å². The topological polar surface area (TPSA) is 79.3 Å². The van der Waals surface area contributed by atoms with E-state index in [1.807, 2.05) is 24.9 Å². The van der Waals surface area contributed by atoms with Crippen molar-refractivity contribution in [3.05, 3.63) is 16.6 Å². The van der Waals surface area contributed by atoms with Gasteiger partial charge in [0.1, 0.15) is 10.9 Å². The van der Waals surface area contributed by atoms with Crippen LogP contribution in [0, 0.1) is 18.8 Å². The standard InChI is InChI=1S/C19H27N5O2S/c1-11-15-8-16(27-19(15)23(3)22-11)17(25)21-12(2)18(26)24-6-4-13-9-20-10-14(13)5-7-24/h8,12-14,20H,4-7,9-10H2,1-3H3,(H,21,25)/t12?,13-,14+. The van der Waals surface area contributed by atoms with E-state index in [9.17, 15) is 9.59 Å². The first kappa shape index (κ1) is 18.4. The molecule has 0 radical (unpaired) electrons. The molecule has 8 heteroatoms. The second kappa shape index (κ2) is 7.24. The highest BCUT2D eigenvalue weighted by Gasteiger charge is 2.33. The molecule has 2 N–H and O–H groups in total. The van der Waals surface area contributed by atoms with Gasteiger partial charge in [-0.15, -0.1) is 11.3 Å². The van der Waals surface area contributed by atoms with E-state index in [1.165, 1.54) is 11.3 Å². The monoisotopic (exact) mass is 389 g/mol. The van der Waals surface area contributed by atoms with Gasteiger partial charge in [0.15, 0.2) is 0 Å². The Labute approximate surface area is 163 Å². The molecule has 2 aliphatic rings. The SMILES string of the molecule is Cc1nn(C)c2sc(C(=O)NC(C)C(=O)N3CC[C@@H]4CNC[C@@H]4CC3)cc12. The number of amides is 2. The van der Waals surface area contributed by atoms with Gasteiger partial charge in [0, 0.05) is 25.5 Å². The van der Waals surface area contributed by atoms with Gasteiger partial charge in [-0.3, -0.25) is 14.3 Å². The number of aromatic nitrogens is 2. The number of nitrogens with zero attached hydrogens (tertiary/aromatic N) is 3. The molecule has 146 valence electrons. The molecular weight excluding hydrogens is 362 g/mol. The molecule has 7 nitrogen and oxygen atoms in total. The lowest BCUT2D eigenvalue weighted by Gasteiger charge is -2.25. The Balaban J connectivity index is 1.39. The van der Waals surface area contributed by atoms with Gasteiger partial charge in [-0.2, -0.15) is 5.10 Å². The fourth-order valence-electron chi connectivity index (χ4n) is 4.36. The lowest BCUT2D eigenvalue weighted by Crippen LogP contribution is -2.47. The van der Waals surface area contributed by atoms with Crippen molar-refractivity contribution in [1.29, 1.82) is 0 Å². The molecule has 2 fully saturated rings. The predicted octanol–water partition coefficient (Wildman–Crippen LogP) is 1.52. The van der Waals surface area contributed by atoms with Crippen LogP contribution in [0.2, 0.25) is 0 Å². The van der Waals surface area contributed by atoms with E-state index in [0.29, 0.717) is 16.7 Å². The molecule has 0 saturated carbocycles. The van der Waals surface area contributed by atoms with Gasteiger partial charge in [-0.25, -0.2) is 0 Å². The van der Waals surface area contributed by atoms with E-state index in [2.05, 4.69) is 15.7 Å². The Kier molecular flexibility index (Phi) is 4.94. The van der Waals surface area contributed by atoms with Gasteiger partial charge in [-0.1, -0.05) is 0 Å². The Hall–Kier alpha value is -1.93. The van der Waals surface area contributed by atoms with Gasteiger partial charge >= 0.3 is 0 Å². The Bertz CT molecular complexity index is 824. The van der Waals surface area contributed by atoms with E-state index >= 15 is 0 Å². The number of rotatable bonds is 3. The van der Waals surface area contributed by atoms with E-state index in [0.717, 1.165) is 54.9 Å². The molecule has 0 aromatic carbocycles. The molecule has 2 amide bonds. The number of aryl methyl sites for hydroxylation is 2. The van der Waals surface area contributed by atoms with Gasteiger partial charge < -0.3 is 15.5 Å². The van der Waals surface area contributed by atoms with Crippen LogP contribution in [-0.2, 0) is 11.8 Å². The second-order valence-electron chi connectivity index (χ2n) is 7.81. The smallest absolute Gasteiger partial charge is 0.262 e. The summed E-state index contributed by atoms with van der Waals surface area (Å²) in [6.45, 7) is 7.43. The zero-order valence-corrected chi connectivity index (χ0v) is 16.9. The number of carbonyl (C=O) groups excluding carboxylic acids is 2. The maximum absolute atomic E-state index is 12.9. The van der Waals surface area contributed by atoms with Crippen molar-refractivity contribution in [1.82, 2.24) is 25.3 Å². The summed E-state index contributed by atoms with van der Waals surface area (Å²) in [7, 11) is 1.88. The number of likely N-dealkylation sites (tertiary alicyclic amines) is 1. The second-order valence-corrected chi connectivity index (χ2v) is 8.85. The minimum absolute atomic E-state index is 0.0234. The summed E-state index contributed by atoms with van der Waals surface area (Å²) in [4.78, 5) is 29.0. The summed E-state index contributed by atoms with van der Waals surface area (Å²) in [5.74, 6) is 1.20. The molecule has 2 aliphatic heterocycles. The first-order valence-electron chi connectivity index (χ1n) is 9.67. The van der Waals surface area contributed by atoms with E-state index in [1.54, 1.807) is 11.6 Å². The summed E-state index contributed by atoms with van der Waals surface area (Å²) >= 11 is 1.41. The highest BCUT2D eigenvalue weighted by Crippen LogP contribution is 2.28.